The Hall–Kier alpha value is -1.33. The summed E-state index contributed by atoms with van der Waals surface area (Å²) in [6, 6.07) is 8.93. The summed E-state index contributed by atoms with van der Waals surface area (Å²) >= 11 is 0.550. The van der Waals surface area contributed by atoms with Gasteiger partial charge in [-0.2, -0.15) is 8.78 Å². The van der Waals surface area contributed by atoms with Gasteiger partial charge in [-0.05, 0) is 30.8 Å². The van der Waals surface area contributed by atoms with Crippen molar-refractivity contribution in [3.8, 4) is 11.1 Å². The Balaban J connectivity index is 2.20. The van der Waals surface area contributed by atoms with Crippen LogP contribution in [-0.4, -0.2) is 12.8 Å². The molecule has 0 aliphatic heterocycles. The second kappa shape index (κ2) is 6.02. The maximum atomic E-state index is 12.2. The molecular formula is C13H13F2NOS. The van der Waals surface area contributed by atoms with Crippen molar-refractivity contribution in [3.05, 3.63) is 42.4 Å². The molecule has 0 atom stereocenters. The van der Waals surface area contributed by atoms with Crippen LogP contribution in [0.5, 0.6) is 0 Å². The third-order valence-corrected chi connectivity index (χ3v) is 3.20. The molecular weight excluding hydrogens is 256 g/mol. The first-order valence-corrected chi connectivity index (χ1v) is 6.35. The average molecular weight is 269 g/mol. The van der Waals surface area contributed by atoms with Gasteiger partial charge in [0.05, 0.1) is 12.8 Å². The lowest BCUT2D eigenvalue weighted by atomic mass is 10.1. The van der Waals surface area contributed by atoms with E-state index in [-0.39, 0.29) is 0 Å². The van der Waals surface area contributed by atoms with Crippen molar-refractivity contribution in [1.29, 1.82) is 0 Å². The second-order valence-electron chi connectivity index (χ2n) is 3.69. The Bertz CT molecular complexity index is 496. The molecule has 0 aliphatic carbocycles. The number of benzene rings is 1. The Morgan fingerprint density at radius 2 is 1.94 bits per heavy atom. The molecule has 0 unspecified atom stereocenters. The first kappa shape index (κ1) is 13.1. The van der Waals surface area contributed by atoms with Crippen LogP contribution in [-0.2, 0) is 6.54 Å². The lowest BCUT2D eigenvalue weighted by molar-refractivity contribution is 0.252. The van der Waals surface area contributed by atoms with Crippen molar-refractivity contribution in [3.63, 3.8) is 0 Å². The van der Waals surface area contributed by atoms with Crippen molar-refractivity contribution in [1.82, 2.24) is 5.32 Å². The van der Waals surface area contributed by atoms with E-state index in [9.17, 15) is 8.78 Å². The predicted molar refractivity (Wildman–Crippen MR) is 68.8 cm³/mol. The van der Waals surface area contributed by atoms with E-state index in [2.05, 4.69) is 5.32 Å². The highest BCUT2D eigenvalue weighted by Gasteiger charge is 2.09. The Kier molecular flexibility index (Phi) is 4.38. The van der Waals surface area contributed by atoms with Gasteiger partial charge in [-0.25, -0.2) is 0 Å². The number of halogens is 2. The topological polar surface area (TPSA) is 25.2 Å². The highest BCUT2D eigenvalue weighted by Crippen LogP contribution is 2.29. The molecule has 2 nitrogen and oxygen atoms in total. The summed E-state index contributed by atoms with van der Waals surface area (Å²) in [5.41, 5.74) is 1.95. The molecule has 96 valence electrons. The van der Waals surface area contributed by atoms with Gasteiger partial charge in [0.25, 0.3) is 5.76 Å². The van der Waals surface area contributed by atoms with Gasteiger partial charge in [-0.3, -0.25) is 0 Å². The molecule has 18 heavy (non-hydrogen) atoms. The predicted octanol–water partition coefficient (Wildman–Crippen LogP) is 3.98. The standard InChI is InChI=1S/C13H13F2NOS/c1-16-8-12-11(6-7-17-12)9-2-4-10(5-3-9)18-13(14)15/h2-7,13,16H,8H2,1H3. The number of alkyl halides is 2. The van der Waals surface area contributed by atoms with Gasteiger partial charge in [0.2, 0.25) is 0 Å². The lowest BCUT2D eigenvalue weighted by Crippen LogP contribution is -2.04. The summed E-state index contributed by atoms with van der Waals surface area (Å²) in [6.07, 6.45) is 1.63. The van der Waals surface area contributed by atoms with E-state index in [0.717, 1.165) is 16.9 Å². The third kappa shape index (κ3) is 3.11. The fourth-order valence-electron chi connectivity index (χ4n) is 1.71. The molecule has 2 rings (SSSR count). The summed E-state index contributed by atoms with van der Waals surface area (Å²) in [7, 11) is 1.84. The molecule has 0 radical (unpaired) electrons. The summed E-state index contributed by atoms with van der Waals surface area (Å²) in [5, 5.41) is 3.02. The van der Waals surface area contributed by atoms with Gasteiger partial charge in [-0.1, -0.05) is 23.9 Å². The van der Waals surface area contributed by atoms with Crippen LogP contribution in [0.25, 0.3) is 11.1 Å². The largest absolute Gasteiger partial charge is 0.467 e. The van der Waals surface area contributed by atoms with Crippen molar-refractivity contribution >= 4 is 11.8 Å². The first-order chi connectivity index (χ1) is 8.70. The minimum absolute atomic E-state index is 0.550. The first-order valence-electron chi connectivity index (χ1n) is 5.47. The molecule has 1 aromatic heterocycles. The zero-order chi connectivity index (χ0) is 13.0. The monoisotopic (exact) mass is 269 g/mol. The van der Waals surface area contributed by atoms with Crippen LogP contribution in [0.1, 0.15) is 5.76 Å². The molecule has 0 fully saturated rings. The van der Waals surface area contributed by atoms with Crippen molar-refractivity contribution < 1.29 is 13.2 Å². The molecule has 1 N–H and O–H groups in total. The fraction of sp³-hybridized carbons (Fsp3) is 0.231. The van der Waals surface area contributed by atoms with Crippen LogP contribution in [0.2, 0.25) is 0 Å². The maximum Gasteiger partial charge on any atom is 0.288 e. The van der Waals surface area contributed by atoms with Gasteiger partial charge in [0, 0.05) is 10.5 Å². The SMILES string of the molecule is CNCc1occc1-c1ccc(SC(F)F)cc1. The average Bonchev–Trinajstić information content (AvgIpc) is 2.78. The lowest BCUT2D eigenvalue weighted by Gasteiger charge is -2.04. The molecule has 1 aromatic carbocycles. The minimum Gasteiger partial charge on any atom is -0.467 e. The van der Waals surface area contributed by atoms with Crippen LogP contribution in [0.4, 0.5) is 8.78 Å². The van der Waals surface area contributed by atoms with Crippen LogP contribution < -0.4 is 5.32 Å². The molecule has 0 amide bonds. The number of nitrogens with one attached hydrogen (secondary N) is 1. The third-order valence-electron chi connectivity index (χ3n) is 2.47. The quantitative estimate of drug-likeness (QED) is 0.831. The van der Waals surface area contributed by atoms with E-state index in [0.29, 0.717) is 23.2 Å². The summed E-state index contributed by atoms with van der Waals surface area (Å²) in [6.45, 7) is 0.635. The molecule has 0 saturated carbocycles. The highest BCUT2D eigenvalue weighted by atomic mass is 32.2. The molecule has 0 saturated heterocycles. The van der Waals surface area contributed by atoms with Crippen LogP contribution in [0.3, 0.4) is 0 Å². The molecule has 2 aromatic rings. The number of rotatable bonds is 5. The summed E-state index contributed by atoms with van der Waals surface area (Å²) in [4.78, 5) is 0.562. The number of thioether (sulfide) groups is 1. The Labute approximate surface area is 108 Å². The number of furan rings is 1. The van der Waals surface area contributed by atoms with Gasteiger partial charge in [-0.15, -0.1) is 0 Å². The van der Waals surface area contributed by atoms with Crippen LogP contribution in [0, 0.1) is 0 Å². The normalized spacial score (nSPS) is 11.1. The van der Waals surface area contributed by atoms with Crippen molar-refractivity contribution in [2.45, 2.75) is 17.2 Å². The Morgan fingerprint density at radius 1 is 1.22 bits per heavy atom. The van der Waals surface area contributed by atoms with Crippen molar-refractivity contribution in [2.24, 2.45) is 0 Å². The number of hydrogen-bond donors (Lipinski definition) is 1. The van der Waals surface area contributed by atoms with Gasteiger partial charge < -0.3 is 9.73 Å². The molecule has 1 heterocycles. The van der Waals surface area contributed by atoms with E-state index in [4.69, 9.17) is 4.42 Å². The molecule has 0 spiro atoms. The summed E-state index contributed by atoms with van der Waals surface area (Å²) in [5.74, 6) is -1.55. The maximum absolute atomic E-state index is 12.2. The van der Waals surface area contributed by atoms with Crippen LogP contribution >= 0.6 is 11.8 Å². The van der Waals surface area contributed by atoms with Gasteiger partial charge in [0.15, 0.2) is 0 Å². The van der Waals surface area contributed by atoms with E-state index in [1.54, 1.807) is 18.4 Å². The zero-order valence-electron chi connectivity index (χ0n) is 9.82. The second-order valence-corrected chi connectivity index (χ2v) is 4.75. The smallest absolute Gasteiger partial charge is 0.288 e. The Morgan fingerprint density at radius 3 is 2.56 bits per heavy atom. The highest BCUT2D eigenvalue weighted by molar-refractivity contribution is 7.99. The van der Waals surface area contributed by atoms with E-state index in [1.165, 1.54) is 0 Å². The fourth-order valence-corrected chi connectivity index (χ4v) is 2.21. The van der Waals surface area contributed by atoms with Crippen molar-refractivity contribution in [2.75, 3.05) is 7.05 Å². The van der Waals surface area contributed by atoms with E-state index >= 15 is 0 Å². The van der Waals surface area contributed by atoms with E-state index in [1.807, 2.05) is 25.2 Å². The molecule has 0 aliphatic rings. The molecule has 5 heteroatoms. The molecule has 0 bridgehead atoms. The number of hydrogen-bond acceptors (Lipinski definition) is 3. The van der Waals surface area contributed by atoms with Gasteiger partial charge in [0.1, 0.15) is 5.76 Å². The summed E-state index contributed by atoms with van der Waals surface area (Å²) < 4.78 is 29.8. The van der Waals surface area contributed by atoms with Crippen LogP contribution in [0.15, 0.2) is 45.9 Å². The van der Waals surface area contributed by atoms with Gasteiger partial charge >= 0.3 is 0 Å². The zero-order valence-corrected chi connectivity index (χ0v) is 10.6. The van der Waals surface area contributed by atoms with E-state index < -0.39 is 5.76 Å². The minimum atomic E-state index is -2.38.